The Balaban J connectivity index is 1.84. The Labute approximate surface area is 251 Å². The standard InChI is InChI=1S/C34H48FN7/c1-8-11-25(12-9-2)17-18-42(22-24(6)10-3)27-14-16-31(38-20-27)40-34-39-21-29(35)33(41-34)26-13-15-30(36)28(19-26)32(37-7)23(4)5/h13-17,19-21,23-24H,8-12,18,22,36H2,1-7H3,(H,38,39,40,41). The van der Waals surface area contributed by atoms with Gasteiger partial charge in [0.2, 0.25) is 5.95 Å². The van der Waals surface area contributed by atoms with Crippen LogP contribution in [0.5, 0.6) is 0 Å². The van der Waals surface area contributed by atoms with Gasteiger partial charge in [0.15, 0.2) is 5.82 Å². The molecule has 0 saturated carbocycles. The van der Waals surface area contributed by atoms with Gasteiger partial charge in [-0.3, -0.25) is 4.99 Å². The van der Waals surface area contributed by atoms with E-state index < -0.39 is 5.82 Å². The third-order valence-corrected chi connectivity index (χ3v) is 7.46. The highest BCUT2D eigenvalue weighted by Gasteiger charge is 2.16. The van der Waals surface area contributed by atoms with Crippen LogP contribution in [0.2, 0.25) is 0 Å². The third kappa shape index (κ3) is 8.84. The fourth-order valence-corrected chi connectivity index (χ4v) is 5.01. The summed E-state index contributed by atoms with van der Waals surface area (Å²) in [6.07, 6.45) is 11.2. The molecule has 2 aromatic heterocycles. The molecule has 7 nitrogen and oxygen atoms in total. The first kappa shape index (κ1) is 32.7. The van der Waals surface area contributed by atoms with Crippen molar-refractivity contribution in [3.05, 3.63) is 65.8 Å². The highest BCUT2D eigenvalue weighted by molar-refractivity contribution is 6.06. The summed E-state index contributed by atoms with van der Waals surface area (Å²) in [5.74, 6) is 1.07. The van der Waals surface area contributed by atoms with Gasteiger partial charge in [-0.15, -0.1) is 0 Å². The van der Waals surface area contributed by atoms with Crippen LogP contribution in [0.1, 0.15) is 79.2 Å². The lowest BCUT2D eigenvalue weighted by Crippen LogP contribution is -2.29. The Hall–Kier alpha value is -3.81. The lowest BCUT2D eigenvalue weighted by molar-refractivity contribution is 0.551. The van der Waals surface area contributed by atoms with E-state index in [2.05, 4.69) is 83.8 Å². The van der Waals surface area contributed by atoms with Gasteiger partial charge in [0, 0.05) is 42.7 Å². The van der Waals surface area contributed by atoms with Crippen molar-refractivity contribution in [3.8, 4) is 11.3 Å². The van der Waals surface area contributed by atoms with Gasteiger partial charge in [-0.25, -0.2) is 19.3 Å². The maximum absolute atomic E-state index is 14.9. The molecular formula is C34H48FN7. The van der Waals surface area contributed by atoms with Crippen LogP contribution in [0, 0.1) is 17.7 Å². The number of rotatable bonds is 15. The Morgan fingerprint density at radius 3 is 2.38 bits per heavy atom. The largest absolute Gasteiger partial charge is 0.398 e. The molecule has 3 rings (SSSR count). The summed E-state index contributed by atoms with van der Waals surface area (Å²) < 4.78 is 14.9. The van der Waals surface area contributed by atoms with Crippen LogP contribution < -0.4 is 16.0 Å². The van der Waals surface area contributed by atoms with E-state index >= 15 is 0 Å². The number of benzene rings is 1. The minimum absolute atomic E-state index is 0.168. The number of nitrogen functional groups attached to an aromatic ring is 1. The van der Waals surface area contributed by atoms with Crippen molar-refractivity contribution < 1.29 is 4.39 Å². The van der Waals surface area contributed by atoms with Crippen LogP contribution in [0.4, 0.5) is 27.5 Å². The first-order valence-electron chi connectivity index (χ1n) is 15.3. The minimum atomic E-state index is -0.515. The molecule has 0 aliphatic carbocycles. The first-order valence-corrected chi connectivity index (χ1v) is 15.3. The molecule has 2 heterocycles. The number of aliphatic imine (C=N–C) groups is 1. The monoisotopic (exact) mass is 573 g/mol. The van der Waals surface area contributed by atoms with Crippen LogP contribution in [-0.2, 0) is 0 Å². The molecule has 0 aliphatic rings. The van der Waals surface area contributed by atoms with Crippen molar-refractivity contribution in [1.82, 2.24) is 15.0 Å². The number of nitrogens with two attached hydrogens (primary N) is 1. The summed E-state index contributed by atoms with van der Waals surface area (Å²) in [6.45, 7) is 14.9. The van der Waals surface area contributed by atoms with Gasteiger partial charge in [0.25, 0.3) is 0 Å². The maximum atomic E-state index is 14.9. The molecule has 0 radical (unpaired) electrons. The summed E-state index contributed by atoms with van der Waals surface area (Å²) in [5, 5.41) is 3.14. The molecule has 1 atom stereocenters. The molecule has 0 fully saturated rings. The Kier molecular flexibility index (Phi) is 12.5. The van der Waals surface area contributed by atoms with E-state index in [1.807, 2.05) is 18.3 Å². The molecule has 226 valence electrons. The van der Waals surface area contributed by atoms with Crippen molar-refractivity contribution in [2.75, 3.05) is 36.1 Å². The van der Waals surface area contributed by atoms with Crippen LogP contribution in [0.3, 0.4) is 0 Å². The molecule has 3 aromatic rings. The van der Waals surface area contributed by atoms with E-state index in [9.17, 15) is 4.39 Å². The number of aromatic nitrogens is 3. The Morgan fingerprint density at radius 1 is 1.05 bits per heavy atom. The summed E-state index contributed by atoms with van der Waals surface area (Å²) in [5.41, 5.74) is 11.9. The molecule has 0 saturated heterocycles. The van der Waals surface area contributed by atoms with Crippen molar-refractivity contribution in [3.63, 3.8) is 0 Å². The van der Waals surface area contributed by atoms with Crippen molar-refractivity contribution in [2.45, 2.75) is 73.6 Å². The summed E-state index contributed by atoms with van der Waals surface area (Å²) in [6, 6.07) is 9.36. The van der Waals surface area contributed by atoms with Gasteiger partial charge in [-0.1, -0.05) is 78.5 Å². The molecule has 0 spiro atoms. The summed E-state index contributed by atoms with van der Waals surface area (Å²) >= 11 is 0. The van der Waals surface area contributed by atoms with Gasteiger partial charge in [0.05, 0.1) is 18.1 Å². The molecule has 1 aromatic carbocycles. The molecule has 3 N–H and O–H groups in total. The number of nitrogens with one attached hydrogen (secondary N) is 1. The van der Waals surface area contributed by atoms with Crippen molar-refractivity contribution in [1.29, 1.82) is 0 Å². The van der Waals surface area contributed by atoms with Crippen LogP contribution in [-0.4, -0.2) is 40.8 Å². The quantitative estimate of drug-likeness (QED) is 0.108. The molecule has 1 unspecified atom stereocenters. The highest BCUT2D eigenvalue weighted by Crippen LogP contribution is 2.28. The average molecular weight is 574 g/mol. The number of allylic oxidation sites excluding steroid dienone is 1. The van der Waals surface area contributed by atoms with Crippen LogP contribution in [0.25, 0.3) is 11.3 Å². The number of hydrogen-bond donors (Lipinski definition) is 2. The predicted octanol–water partition coefficient (Wildman–Crippen LogP) is 8.46. The molecule has 42 heavy (non-hydrogen) atoms. The van der Waals surface area contributed by atoms with E-state index in [0.717, 1.165) is 62.2 Å². The van der Waals surface area contributed by atoms with Gasteiger partial charge in [0.1, 0.15) is 11.5 Å². The average Bonchev–Trinajstić information content (AvgIpc) is 2.98. The fraction of sp³-hybridized carbons (Fsp3) is 0.471. The zero-order valence-corrected chi connectivity index (χ0v) is 26.4. The molecule has 8 heteroatoms. The van der Waals surface area contributed by atoms with E-state index in [-0.39, 0.29) is 17.6 Å². The smallest absolute Gasteiger partial charge is 0.229 e. The second kappa shape index (κ2) is 16.0. The number of halogens is 1. The van der Waals surface area contributed by atoms with Gasteiger partial charge >= 0.3 is 0 Å². The van der Waals surface area contributed by atoms with Gasteiger partial charge in [-0.2, -0.15) is 0 Å². The number of nitrogens with zero attached hydrogens (tertiary/aromatic N) is 5. The van der Waals surface area contributed by atoms with Crippen LogP contribution in [0.15, 0.2) is 59.4 Å². The fourth-order valence-electron chi connectivity index (χ4n) is 5.01. The van der Waals surface area contributed by atoms with Crippen molar-refractivity contribution >= 4 is 28.9 Å². The lowest BCUT2D eigenvalue weighted by Gasteiger charge is -2.27. The topological polar surface area (TPSA) is 92.3 Å². The SMILES string of the molecule is CCCC(=CCN(CC(C)CC)c1ccc(Nc2ncc(F)c(-c3ccc(N)c(C(=NC)C(C)C)c3)n2)nc1)CCC. The maximum Gasteiger partial charge on any atom is 0.229 e. The predicted molar refractivity (Wildman–Crippen MR) is 176 cm³/mol. The first-order chi connectivity index (χ1) is 20.2. The molecule has 0 amide bonds. The molecule has 0 bridgehead atoms. The van der Waals surface area contributed by atoms with E-state index in [1.165, 1.54) is 11.8 Å². The van der Waals surface area contributed by atoms with E-state index in [0.29, 0.717) is 23.0 Å². The second-order valence-corrected chi connectivity index (χ2v) is 11.3. The normalized spacial score (nSPS) is 12.4. The Morgan fingerprint density at radius 2 is 1.79 bits per heavy atom. The molecular weight excluding hydrogens is 525 g/mol. The molecule has 0 aliphatic heterocycles. The second-order valence-electron chi connectivity index (χ2n) is 11.3. The number of hydrogen-bond acceptors (Lipinski definition) is 7. The Bertz CT molecular complexity index is 1340. The summed E-state index contributed by atoms with van der Waals surface area (Å²) in [4.78, 5) is 20.1. The van der Waals surface area contributed by atoms with E-state index in [4.69, 9.17) is 5.73 Å². The number of pyridine rings is 1. The minimum Gasteiger partial charge on any atom is -0.398 e. The van der Waals surface area contributed by atoms with E-state index in [1.54, 1.807) is 19.2 Å². The lowest BCUT2D eigenvalue weighted by atomic mass is 9.95. The van der Waals surface area contributed by atoms with Crippen LogP contribution >= 0.6 is 0 Å². The van der Waals surface area contributed by atoms with Gasteiger partial charge in [-0.05, 0) is 48.9 Å². The highest BCUT2D eigenvalue weighted by atomic mass is 19.1. The zero-order chi connectivity index (χ0) is 30.6. The van der Waals surface area contributed by atoms with Crippen molar-refractivity contribution in [2.24, 2.45) is 16.8 Å². The zero-order valence-electron chi connectivity index (χ0n) is 26.4. The number of anilines is 4. The summed E-state index contributed by atoms with van der Waals surface area (Å²) in [7, 11) is 1.74. The third-order valence-electron chi connectivity index (χ3n) is 7.46. The van der Waals surface area contributed by atoms with Gasteiger partial charge < -0.3 is 16.0 Å².